The van der Waals surface area contributed by atoms with Crippen molar-refractivity contribution in [1.82, 2.24) is 10.2 Å². The highest BCUT2D eigenvalue weighted by Crippen LogP contribution is 2.39. The van der Waals surface area contributed by atoms with Gasteiger partial charge >= 0.3 is 5.97 Å². The summed E-state index contributed by atoms with van der Waals surface area (Å²) < 4.78 is 25.0. The van der Waals surface area contributed by atoms with Crippen LogP contribution in [0.4, 0.5) is 0 Å². The molecule has 1 amide bonds. The molecular weight excluding hydrogens is 600 g/mol. The Kier molecular flexibility index (Phi) is 11.0. The average molecular weight is 645 g/mol. The predicted molar refractivity (Wildman–Crippen MR) is 174 cm³/mol. The van der Waals surface area contributed by atoms with Gasteiger partial charge in [-0.25, -0.2) is 0 Å². The Morgan fingerprint density at radius 3 is 2.28 bits per heavy atom. The van der Waals surface area contributed by atoms with Crippen LogP contribution < -0.4 is 5.32 Å². The fraction of sp³-hybridized carbons (Fsp3) is 0.459. The van der Waals surface area contributed by atoms with E-state index >= 15 is 0 Å². The Hall–Kier alpha value is -3.64. The number of aliphatic carboxylic acids is 1. The van der Waals surface area contributed by atoms with Gasteiger partial charge in [-0.1, -0.05) is 66.7 Å². The molecule has 47 heavy (non-hydrogen) atoms. The summed E-state index contributed by atoms with van der Waals surface area (Å²) in [7, 11) is 0. The third kappa shape index (κ3) is 8.84. The molecule has 3 fully saturated rings. The van der Waals surface area contributed by atoms with Crippen molar-refractivity contribution < 1.29 is 38.7 Å². The molecule has 1 spiro atoms. The van der Waals surface area contributed by atoms with E-state index < -0.39 is 18.0 Å². The van der Waals surface area contributed by atoms with Gasteiger partial charge in [0.25, 0.3) is 0 Å². The number of hydrogen-bond donors (Lipinski definition) is 3. The summed E-state index contributed by atoms with van der Waals surface area (Å²) in [6, 6.07) is 24.2. The zero-order valence-electron chi connectivity index (χ0n) is 26.6. The SMILES string of the molecule is O=C(O)CCCC(=O)NCc1cccc(-c2ccc(C3OC(CN4CCC5(CC4)OCCO5)CC(c4ccc(CO)cc4)O3)cc2)c1. The first-order chi connectivity index (χ1) is 22.9. The number of aliphatic hydroxyl groups is 1. The monoisotopic (exact) mass is 644 g/mol. The largest absolute Gasteiger partial charge is 0.481 e. The molecule has 3 saturated heterocycles. The van der Waals surface area contributed by atoms with Crippen LogP contribution in [0.25, 0.3) is 11.1 Å². The van der Waals surface area contributed by atoms with Crippen molar-refractivity contribution in [3.05, 3.63) is 95.1 Å². The molecule has 0 saturated carbocycles. The van der Waals surface area contributed by atoms with Crippen LogP contribution in [0.3, 0.4) is 0 Å². The van der Waals surface area contributed by atoms with Gasteiger partial charge in [-0.3, -0.25) is 9.59 Å². The number of carboxylic acid groups (broad SMARTS) is 1. The quantitative estimate of drug-likeness (QED) is 0.247. The number of ether oxygens (including phenoxy) is 4. The molecule has 10 heteroatoms. The first kappa shape index (κ1) is 33.3. The average Bonchev–Trinajstić information content (AvgIpc) is 3.56. The summed E-state index contributed by atoms with van der Waals surface area (Å²) in [6.45, 7) is 4.29. The van der Waals surface area contributed by atoms with Crippen LogP contribution in [0, 0.1) is 0 Å². The molecule has 3 N–H and O–H groups in total. The lowest BCUT2D eigenvalue weighted by molar-refractivity contribution is -0.255. The molecule has 6 rings (SSSR count). The summed E-state index contributed by atoms with van der Waals surface area (Å²) in [6.07, 6.45) is 2.21. The van der Waals surface area contributed by atoms with E-state index in [-0.39, 0.29) is 37.6 Å². The van der Waals surface area contributed by atoms with Crippen molar-refractivity contribution in [1.29, 1.82) is 0 Å². The number of aliphatic hydroxyl groups excluding tert-OH is 1. The Balaban J connectivity index is 1.11. The van der Waals surface area contributed by atoms with E-state index in [4.69, 9.17) is 24.1 Å². The summed E-state index contributed by atoms with van der Waals surface area (Å²) in [5.74, 6) is -1.46. The van der Waals surface area contributed by atoms with Crippen LogP contribution in [0.2, 0.25) is 0 Å². The maximum atomic E-state index is 12.1. The molecule has 0 aromatic heterocycles. The molecule has 3 atom stereocenters. The molecule has 0 radical (unpaired) electrons. The first-order valence-electron chi connectivity index (χ1n) is 16.6. The summed E-state index contributed by atoms with van der Waals surface area (Å²) in [5.41, 5.74) is 5.89. The molecule has 3 heterocycles. The molecule has 250 valence electrons. The van der Waals surface area contributed by atoms with E-state index in [1.807, 2.05) is 60.7 Å². The number of carboxylic acids is 1. The molecular formula is C37H44N2O8. The van der Waals surface area contributed by atoms with E-state index in [9.17, 15) is 14.7 Å². The number of nitrogens with one attached hydrogen (secondary N) is 1. The smallest absolute Gasteiger partial charge is 0.303 e. The maximum absolute atomic E-state index is 12.1. The van der Waals surface area contributed by atoms with Gasteiger partial charge < -0.3 is 39.4 Å². The minimum absolute atomic E-state index is 0.00252. The van der Waals surface area contributed by atoms with Crippen molar-refractivity contribution in [3.8, 4) is 11.1 Å². The third-order valence-electron chi connectivity index (χ3n) is 9.24. The lowest BCUT2D eigenvalue weighted by Crippen LogP contribution is -2.48. The van der Waals surface area contributed by atoms with E-state index in [1.165, 1.54) is 0 Å². The van der Waals surface area contributed by atoms with Crippen molar-refractivity contribution in [2.45, 2.75) is 76.0 Å². The Morgan fingerprint density at radius 1 is 0.851 bits per heavy atom. The Bertz CT molecular complexity index is 1480. The number of hydrogen-bond acceptors (Lipinski definition) is 8. The van der Waals surface area contributed by atoms with Gasteiger partial charge in [-0.2, -0.15) is 0 Å². The third-order valence-corrected chi connectivity index (χ3v) is 9.24. The first-order valence-corrected chi connectivity index (χ1v) is 16.6. The van der Waals surface area contributed by atoms with E-state index in [2.05, 4.69) is 22.3 Å². The van der Waals surface area contributed by atoms with Gasteiger partial charge in [-0.05, 0) is 40.3 Å². The molecule has 0 aliphatic carbocycles. The van der Waals surface area contributed by atoms with Crippen LogP contribution >= 0.6 is 0 Å². The second-order valence-electron chi connectivity index (χ2n) is 12.6. The summed E-state index contributed by atoms with van der Waals surface area (Å²) >= 11 is 0. The normalized spacial score (nSPS) is 22.7. The number of carbonyl (C=O) groups excluding carboxylic acids is 1. The number of amides is 1. The maximum Gasteiger partial charge on any atom is 0.303 e. The highest BCUT2D eigenvalue weighted by molar-refractivity contribution is 5.76. The number of piperidine rings is 1. The molecule has 3 unspecified atom stereocenters. The molecule has 10 nitrogen and oxygen atoms in total. The molecule has 3 aromatic rings. The van der Waals surface area contributed by atoms with Gasteiger partial charge in [-0.15, -0.1) is 0 Å². The fourth-order valence-electron chi connectivity index (χ4n) is 6.57. The van der Waals surface area contributed by atoms with Crippen molar-refractivity contribution in [2.75, 3.05) is 32.8 Å². The number of likely N-dealkylation sites (tertiary alicyclic amines) is 1. The van der Waals surface area contributed by atoms with E-state index in [0.29, 0.717) is 26.2 Å². The van der Waals surface area contributed by atoms with Gasteiger partial charge in [0.15, 0.2) is 12.1 Å². The second-order valence-corrected chi connectivity index (χ2v) is 12.6. The number of benzene rings is 3. The summed E-state index contributed by atoms with van der Waals surface area (Å²) in [4.78, 5) is 25.3. The van der Waals surface area contributed by atoms with Gasteiger partial charge in [0, 0.05) is 63.8 Å². The lowest BCUT2D eigenvalue weighted by atomic mass is 9.98. The Morgan fingerprint density at radius 2 is 1.57 bits per heavy atom. The van der Waals surface area contributed by atoms with Gasteiger partial charge in [0.1, 0.15) is 0 Å². The number of nitrogens with zero attached hydrogens (tertiary/aromatic N) is 1. The van der Waals surface area contributed by atoms with E-state index in [0.717, 1.165) is 72.3 Å². The standard InChI is InChI=1S/C37H44N2O8/c40-25-26-7-9-29(10-8-26)33-22-32(24-39-17-15-37(16-18-39)44-19-20-45-37)46-36(47-33)30-13-11-28(12-14-30)31-4-1-3-27(21-31)23-38-34(41)5-2-6-35(42)43/h1,3-4,7-14,21,32-33,36,40H,2,5-6,15-20,22-25H2,(H,38,41)(H,42,43). The van der Waals surface area contributed by atoms with Crippen LogP contribution in [-0.2, 0) is 41.7 Å². The minimum Gasteiger partial charge on any atom is -0.481 e. The fourth-order valence-corrected chi connectivity index (χ4v) is 6.57. The number of carbonyl (C=O) groups is 2. The topological polar surface area (TPSA) is 127 Å². The van der Waals surface area contributed by atoms with Crippen LogP contribution in [0.15, 0.2) is 72.8 Å². The Labute approximate surface area is 275 Å². The molecule has 3 aromatic carbocycles. The second kappa shape index (κ2) is 15.5. The van der Waals surface area contributed by atoms with E-state index in [1.54, 1.807) is 0 Å². The minimum atomic E-state index is -0.896. The molecule has 3 aliphatic heterocycles. The van der Waals surface area contributed by atoms with Crippen molar-refractivity contribution in [3.63, 3.8) is 0 Å². The van der Waals surface area contributed by atoms with Crippen molar-refractivity contribution >= 4 is 11.9 Å². The lowest BCUT2D eigenvalue weighted by Gasteiger charge is -2.41. The van der Waals surface area contributed by atoms with Crippen LogP contribution in [0.1, 0.15) is 73.2 Å². The van der Waals surface area contributed by atoms with Gasteiger partial charge in [0.05, 0.1) is 32.0 Å². The predicted octanol–water partition coefficient (Wildman–Crippen LogP) is 5.10. The zero-order chi connectivity index (χ0) is 32.6. The van der Waals surface area contributed by atoms with Crippen LogP contribution in [-0.4, -0.2) is 71.7 Å². The highest BCUT2D eigenvalue weighted by Gasteiger charge is 2.41. The zero-order valence-corrected chi connectivity index (χ0v) is 26.6. The van der Waals surface area contributed by atoms with Crippen LogP contribution in [0.5, 0.6) is 0 Å². The highest BCUT2D eigenvalue weighted by atomic mass is 16.7. The van der Waals surface area contributed by atoms with Gasteiger partial charge in [0.2, 0.25) is 5.91 Å². The van der Waals surface area contributed by atoms with Crippen molar-refractivity contribution in [2.24, 2.45) is 0 Å². The summed E-state index contributed by atoms with van der Waals surface area (Å²) in [5, 5.41) is 21.2. The number of rotatable bonds is 12. The molecule has 3 aliphatic rings. The molecule has 0 bridgehead atoms.